The smallest absolute Gasteiger partial charge is 0.145 e. The summed E-state index contributed by atoms with van der Waals surface area (Å²) in [5, 5.41) is 17.2. The number of pyridine rings is 1. The Morgan fingerprint density at radius 1 is 1.31 bits per heavy atom. The summed E-state index contributed by atoms with van der Waals surface area (Å²) in [6.45, 7) is 6.26. The molecule has 35 heavy (non-hydrogen) atoms. The molecule has 0 radical (unpaired) electrons. The molecule has 0 fully saturated rings. The van der Waals surface area contributed by atoms with Gasteiger partial charge in [-0.25, -0.2) is 0 Å². The highest BCUT2D eigenvalue weighted by Gasteiger charge is 2.35. The van der Waals surface area contributed by atoms with Gasteiger partial charge in [0.1, 0.15) is 11.4 Å². The third-order valence-electron chi connectivity index (χ3n) is 7.98. The molecule has 3 unspecified atom stereocenters. The molecule has 6 heteroatoms. The van der Waals surface area contributed by atoms with E-state index < -0.39 is 6.10 Å². The second-order valence-corrected chi connectivity index (χ2v) is 10.4. The van der Waals surface area contributed by atoms with Crippen molar-refractivity contribution in [2.24, 2.45) is 5.92 Å². The zero-order valence-electron chi connectivity index (χ0n) is 20.6. The Kier molecular flexibility index (Phi) is 5.56. The summed E-state index contributed by atoms with van der Waals surface area (Å²) in [6.07, 6.45) is 14.8. The highest BCUT2D eigenvalue weighted by atomic mass is 16.5. The number of ether oxygens (including phenoxy) is 1. The van der Waals surface area contributed by atoms with Crippen molar-refractivity contribution in [3.63, 3.8) is 0 Å². The third-order valence-corrected chi connectivity index (χ3v) is 7.98. The molecule has 2 aliphatic carbocycles. The lowest BCUT2D eigenvalue weighted by atomic mass is 9.90. The summed E-state index contributed by atoms with van der Waals surface area (Å²) < 4.78 is 6.57. The topological polar surface area (TPSA) is 69.7 Å². The molecule has 3 heterocycles. The van der Waals surface area contributed by atoms with E-state index in [0.29, 0.717) is 5.92 Å². The fourth-order valence-electron chi connectivity index (χ4n) is 5.77. The number of hydrogen-bond acceptors (Lipinski definition) is 6. The number of allylic oxidation sites excluding steroid dienone is 4. The van der Waals surface area contributed by atoms with Crippen molar-refractivity contribution >= 4 is 17.1 Å². The van der Waals surface area contributed by atoms with Crippen molar-refractivity contribution < 1.29 is 9.84 Å². The SMILES string of the molecule is CCC1(C)CN(CCC2=CNC3=CC=CCC23)c2ccc(Nc3ccnc4c3CCC4O)cc2O1. The predicted molar refractivity (Wildman–Crippen MR) is 140 cm³/mol. The van der Waals surface area contributed by atoms with Gasteiger partial charge in [-0.3, -0.25) is 4.98 Å². The van der Waals surface area contributed by atoms with Gasteiger partial charge in [0, 0.05) is 48.0 Å². The van der Waals surface area contributed by atoms with Crippen LogP contribution in [0.4, 0.5) is 17.1 Å². The molecule has 1 aromatic heterocycles. The second-order valence-electron chi connectivity index (χ2n) is 10.4. The first-order chi connectivity index (χ1) is 17.0. The van der Waals surface area contributed by atoms with Crippen molar-refractivity contribution in [2.45, 2.75) is 57.7 Å². The van der Waals surface area contributed by atoms with E-state index in [9.17, 15) is 5.11 Å². The molecule has 0 saturated carbocycles. The van der Waals surface area contributed by atoms with Gasteiger partial charge in [0.25, 0.3) is 0 Å². The van der Waals surface area contributed by atoms with Crippen molar-refractivity contribution in [3.05, 3.63) is 77.4 Å². The summed E-state index contributed by atoms with van der Waals surface area (Å²) in [6, 6.07) is 8.42. The van der Waals surface area contributed by atoms with Gasteiger partial charge in [-0.15, -0.1) is 0 Å². The normalized spacial score (nSPS) is 26.2. The maximum Gasteiger partial charge on any atom is 0.145 e. The lowest BCUT2D eigenvalue weighted by molar-refractivity contribution is 0.0810. The molecule has 0 bridgehead atoms. The van der Waals surface area contributed by atoms with Gasteiger partial charge >= 0.3 is 0 Å². The first-order valence-corrected chi connectivity index (χ1v) is 12.9. The van der Waals surface area contributed by atoms with Crippen LogP contribution in [0.3, 0.4) is 0 Å². The molecule has 0 amide bonds. The fourth-order valence-corrected chi connectivity index (χ4v) is 5.77. The first-order valence-electron chi connectivity index (χ1n) is 12.9. The predicted octanol–water partition coefficient (Wildman–Crippen LogP) is 5.51. The third kappa shape index (κ3) is 4.10. The molecule has 6 rings (SSSR count). The largest absolute Gasteiger partial charge is 0.483 e. The number of nitrogens with zero attached hydrogens (tertiary/aromatic N) is 2. The van der Waals surface area contributed by atoms with E-state index in [0.717, 1.165) is 79.3 Å². The minimum atomic E-state index is -0.459. The fraction of sp³-hybridized carbons (Fsp3) is 0.414. The summed E-state index contributed by atoms with van der Waals surface area (Å²) in [5.41, 5.74) is 7.66. The summed E-state index contributed by atoms with van der Waals surface area (Å²) in [5.74, 6) is 1.43. The van der Waals surface area contributed by atoms with Crippen molar-refractivity contribution in [2.75, 3.05) is 23.3 Å². The molecule has 6 nitrogen and oxygen atoms in total. The summed E-state index contributed by atoms with van der Waals surface area (Å²) in [4.78, 5) is 6.89. The van der Waals surface area contributed by atoms with Crippen molar-refractivity contribution in [1.82, 2.24) is 10.3 Å². The molecule has 2 aliphatic heterocycles. The van der Waals surface area contributed by atoms with E-state index in [1.54, 1.807) is 6.20 Å². The quantitative estimate of drug-likeness (QED) is 0.517. The molecule has 0 saturated heterocycles. The minimum Gasteiger partial charge on any atom is -0.483 e. The minimum absolute atomic E-state index is 0.228. The molecule has 2 aromatic rings. The van der Waals surface area contributed by atoms with Crippen LogP contribution in [0.5, 0.6) is 5.75 Å². The monoisotopic (exact) mass is 470 g/mol. The highest BCUT2D eigenvalue weighted by molar-refractivity contribution is 5.72. The van der Waals surface area contributed by atoms with Crippen LogP contribution in [-0.2, 0) is 6.42 Å². The Morgan fingerprint density at radius 2 is 2.23 bits per heavy atom. The van der Waals surface area contributed by atoms with Crippen LogP contribution in [0.1, 0.15) is 56.9 Å². The number of aromatic nitrogens is 1. The number of aliphatic hydroxyl groups is 1. The second kappa shape index (κ2) is 8.76. The Morgan fingerprint density at radius 3 is 3.11 bits per heavy atom. The lowest BCUT2D eigenvalue weighted by Crippen LogP contribution is -2.49. The molecule has 1 aromatic carbocycles. The van der Waals surface area contributed by atoms with Gasteiger partial charge in [-0.1, -0.05) is 19.1 Å². The van der Waals surface area contributed by atoms with Gasteiger partial charge in [0.05, 0.1) is 24.0 Å². The summed E-state index contributed by atoms with van der Waals surface area (Å²) in [7, 11) is 0. The zero-order valence-corrected chi connectivity index (χ0v) is 20.6. The molecule has 3 atom stereocenters. The van der Waals surface area contributed by atoms with Gasteiger partial charge in [-0.05, 0) is 74.4 Å². The molecular weight excluding hydrogens is 436 g/mol. The summed E-state index contributed by atoms with van der Waals surface area (Å²) >= 11 is 0. The first kappa shape index (κ1) is 22.2. The lowest BCUT2D eigenvalue weighted by Gasteiger charge is -2.43. The van der Waals surface area contributed by atoms with Crippen molar-refractivity contribution in [1.29, 1.82) is 0 Å². The number of fused-ring (bicyclic) bond motifs is 3. The average molecular weight is 471 g/mol. The van der Waals surface area contributed by atoms with Gasteiger partial charge in [-0.2, -0.15) is 0 Å². The molecule has 4 aliphatic rings. The van der Waals surface area contributed by atoms with E-state index in [1.165, 1.54) is 11.3 Å². The molecule has 3 N–H and O–H groups in total. The van der Waals surface area contributed by atoms with Crippen molar-refractivity contribution in [3.8, 4) is 5.75 Å². The molecule has 182 valence electrons. The number of benzene rings is 1. The maximum absolute atomic E-state index is 10.2. The molecule has 0 spiro atoms. The van der Waals surface area contributed by atoms with Crippen LogP contribution in [0.25, 0.3) is 0 Å². The number of rotatable bonds is 6. The number of nitrogens with one attached hydrogen (secondary N) is 2. The van der Waals surface area contributed by atoms with Crippen LogP contribution in [0.15, 0.2) is 66.2 Å². The van der Waals surface area contributed by atoms with Crippen LogP contribution >= 0.6 is 0 Å². The van der Waals surface area contributed by atoms with E-state index in [4.69, 9.17) is 4.74 Å². The highest BCUT2D eigenvalue weighted by Crippen LogP contribution is 2.42. The number of aliphatic hydroxyl groups excluding tert-OH is 1. The van der Waals surface area contributed by atoms with Gasteiger partial charge in [0.15, 0.2) is 0 Å². The number of hydrogen-bond donors (Lipinski definition) is 3. The van der Waals surface area contributed by atoms with Gasteiger partial charge in [0.2, 0.25) is 0 Å². The average Bonchev–Trinajstić information content (AvgIpc) is 3.46. The Hall–Kier alpha value is -3.25. The number of anilines is 3. The Balaban J connectivity index is 1.23. The van der Waals surface area contributed by atoms with Gasteiger partial charge < -0.3 is 25.4 Å². The van der Waals surface area contributed by atoms with E-state index in [-0.39, 0.29) is 5.60 Å². The molecular formula is C29H34N4O2. The maximum atomic E-state index is 10.2. The van der Waals surface area contributed by atoms with Crippen LogP contribution in [0, 0.1) is 5.92 Å². The Bertz CT molecular complexity index is 1230. The zero-order chi connectivity index (χ0) is 24.0. The van der Waals surface area contributed by atoms with E-state index >= 15 is 0 Å². The van der Waals surface area contributed by atoms with E-state index in [1.807, 2.05) is 6.07 Å². The van der Waals surface area contributed by atoms with Crippen LogP contribution in [0.2, 0.25) is 0 Å². The van der Waals surface area contributed by atoms with E-state index in [2.05, 4.69) is 77.0 Å². The standard InChI is InChI=1S/C29H34N4O2/c1-3-29(2)18-33(15-13-19-17-31-23-7-5-4-6-21(19)23)25-10-8-20(16-27(25)35-29)32-24-12-14-30-28-22(24)9-11-26(28)34/h4-5,7-8,10,12,14,16-17,21,26,31,34H,3,6,9,11,13,15,18H2,1-2H3,(H,30,32). The Labute approximate surface area is 207 Å². The van der Waals surface area contributed by atoms with Crippen LogP contribution < -0.4 is 20.3 Å². The van der Waals surface area contributed by atoms with Crippen LogP contribution in [-0.4, -0.2) is 28.8 Å².